The number of hydrogen-bond donors (Lipinski definition) is 2. The number of carbonyl (C=O) groups excluding carboxylic acids is 2. The van der Waals surface area contributed by atoms with Gasteiger partial charge in [-0.05, 0) is 25.2 Å². The van der Waals surface area contributed by atoms with Gasteiger partial charge in [-0.25, -0.2) is 14.2 Å². The van der Waals surface area contributed by atoms with Crippen LogP contribution in [0.5, 0.6) is 0 Å². The van der Waals surface area contributed by atoms with Gasteiger partial charge >= 0.3 is 6.03 Å². The number of anilines is 1. The number of amides is 3. The van der Waals surface area contributed by atoms with Crippen LogP contribution in [0.2, 0.25) is 0 Å². The van der Waals surface area contributed by atoms with E-state index < -0.39 is 0 Å². The lowest BCUT2D eigenvalue weighted by atomic mass is 10.2. The molecule has 3 amide bonds. The maximum Gasteiger partial charge on any atom is 0.329 e. The largest absolute Gasteiger partial charge is 0.332 e. The van der Waals surface area contributed by atoms with Crippen molar-refractivity contribution in [2.75, 3.05) is 44.7 Å². The first-order chi connectivity index (χ1) is 11.5. The molecule has 0 bridgehead atoms. The van der Waals surface area contributed by atoms with Gasteiger partial charge in [-0.1, -0.05) is 6.07 Å². The predicted octanol–water partition coefficient (Wildman–Crippen LogP) is 0.393. The number of hydrazine groups is 1. The third-order valence-corrected chi connectivity index (χ3v) is 4.34. The minimum atomic E-state index is -0.385. The third-order valence-electron chi connectivity index (χ3n) is 4.34. The van der Waals surface area contributed by atoms with E-state index in [4.69, 9.17) is 0 Å². The number of carbonyl (C=O) groups is 2. The summed E-state index contributed by atoms with van der Waals surface area (Å²) in [5, 5.41) is 4.69. The Labute approximate surface area is 140 Å². The zero-order chi connectivity index (χ0) is 17.1. The molecule has 2 fully saturated rings. The van der Waals surface area contributed by atoms with E-state index in [1.54, 1.807) is 12.1 Å². The summed E-state index contributed by atoms with van der Waals surface area (Å²) in [4.78, 5) is 27.9. The lowest BCUT2D eigenvalue weighted by molar-refractivity contribution is -0.117. The van der Waals surface area contributed by atoms with Crippen molar-refractivity contribution in [1.82, 2.24) is 20.7 Å². The number of piperazine rings is 1. The molecule has 2 N–H and O–H groups in total. The van der Waals surface area contributed by atoms with Crippen molar-refractivity contribution in [3.63, 3.8) is 0 Å². The molecule has 1 aromatic rings. The third kappa shape index (κ3) is 4.01. The number of nitrogens with one attached hydrogen (secondary N) is 2. The molecular formula is C16H22FN5O2. The number of likely N-dealkylation sites (N-methyl/N-ethyl adjacent to an activating group) is 1. The fraction of sp³-hybridized carbons (Fsp3) is 0.500. The average molecular weight is 335 g/mol. The van der Waals surface area contributed by atoms with Crippen LogP contribution in [0.25, 0.3) is 0 Å². The molecule has 1 aromatic carbocycles. The van der Waals surface area contributed by atoms with Gasteiger partial charge in [0.05, 0.1) is 6.04 Å². The lowest BCUT2D eigenvalue weighted by Gasteiger charge is -2.32. The van der Waals surface area contributed by atoms with Crippen LogP contribution < -0.4 is 15.6 Å². The summed E-state index contributed by atoms with van der Waals surface area (Å²) in [6.07, 6.45) is 0.215. The summed E-state index contributed by atoms with van der Waals surface area (Å²) >= 11 is 0. The van der Waals surface area contributed by atoms with Crippen molar-refractivity contribution in [2.24, 2.45) is 0 Å². The van der Waals surface area contributed by atoms with Crippen molar-refractivity contribution in [2.45, 2.75) is 12.5 Å². The van der Waals surface area contributed by atoms with E-state index in [2.05, 4.69) is 15.6 Å². The van der Waals surface area contributed by atoms with Crippen LogP contribution in [-0.2, 0) is 4.79 Å². The number of urea groups is 1. The Balaban J connectivity index is 1.51. The van der Waals surface area contributed by atoms with Crippen LogP contribution in [0.3, 0.4) is 0 Å². The zero-order valence-corrected chi connectivity index (χ0v) is 13.7. The summed E-state index contributed by atoms with van der Waals surface area (Å²) in [7, 11) is 2.04. The topological polar surface area (TPSA) is 67.9 Å². The molecule has 0 aliphatic carbocycles. The van der Waals surface area contributed by atoms with Crippen LogP contribution in [0.4, 0.5) is 14.9 Å². The molecule has 1 atom stereocenters. The van der Waals surface area contributed by atoms with E-state index in [1.807, 2.05) is 12.1 Å². The number of benzene rings is 1. The van der Waals surface area contributed by atoms with Gasteiger partial charge in [0.2, 0.25) is 5.91 Å². The molecular weight excluding hydrogens is 313 g/mol. The Bertz CT molecular complexity index is 618. The smallest absolute Gasteiger partial charge is 0.329 e. The van der Waals surface area contributed by atoms with E-state index >= 15 is 0 Å². The molecule has 3 rings (SSSR count). The second-order valence-electron chi connectivity index (χ2n) is 6.26. The molecule has 130 valence electrons. The van der Waals surface area contributed by atoms with E-state index in [1.165, 1.54) is 17.0 Å². The highest BCUT2D eigenvalue weighted by atomic mass is 19.1. The Kier molecular flexibility index (Phi) is 4.96. The first-order valence-corrected chi connectivity index (χ1v) is 8.08. The van der Waals surface area contributed by atoms with Crippen molar-refractivity contribution < 1.29 is 14.0 Å². The van der Waals surface area contributed by atoms with Crippen molar-refractivity contribution in [3.8, 4) is 0 Å². The number of rotatable bonds is 3. The molecule has 7 nitrogen and oxygen atoms in total. The first-order valence-electron chi connectivity index (χ1n) is 8.08. The van der Waals surface area contributed by atoms with E-state index in [9.17, 15) is 14.0 Å². The summed E-state index contributed by atoms with van der Waals surface area (Å²) in [5.74, 6) is -0.505. The SMILES string of the molecule is CN1CCN(NC(=O)NC2CC(=O)N(c3cccc(F)c3)C2)CC1. The molecule has 0 aromatic heterocycles. The molecule has 0 saturated carbocycles. The van der Waals surface area contributed by atoms with Gasteiger partial charge in [0, 0.05) is 44.8 Å². The number of nitrogens with zero attached hydrogens (tertiary/aromatic N) is 3. The second kappa shape index (κ2) is 7.14. The highest BCUT2D eigenvalue weighted by molar-refractivity contribution is 5.96. The fourth-order valence-corrected chi connectivity index (χ4v) is 2.98. The minimum Gasteiger partial charge on any atom is -0.332 e. The summed E-state index contributed by atoms with van der Waals surface area (Å²) < 4.78 is 13.3. The van der Waals surface area contributed by atoms with Crippen LogP contribution >= 0.6 is 0 Å². The van der Waals surface area contributed by atoms with Crippen molar-refractivity contribution in [3.05, 3.63) is 30.1 Å². The Morgan fingerprint density at radius 2 is 2.00 bits per heavy atom. The van der Waals surface area contributed by atoms with Crippen LogP contribution in [0.15, 0.2) is 24.3 Å². The van der Waals surface area contributed by atoms with Gasteiger partial charge in [0.1, 0.15) is 5.82 Å². The van der Waals surface area contributed by atoms with E-state index in [0.717, 1.165) is 26.2 Å². The predicted molar refractivity (Wildman–Crippen MR) is 87.9 cm³/mol. The molecule has 24 heavy (non-hydrogen) atoms. The molecule has 1 unspecified atom stereocenters. The highest BCUT2D eigenvalue weighted by Crippen LogP contribution is 2.22. The summed E-state index contributed by atoms with van der Waals surface area (Å²) in [5.41, 5.74) is 3.33. The molecule has 2 heterocycles. The lowest BCUT2D eigenvalue weighted by Crippen LogP contribution is -2.56. The van der Waals surface area contributed by atoms with Crippen LogP contribution in [0.1, 0.15) is 6.42 Å². The summed E-state index contributed by atoms with van der Waals surface area (Å²) in [6, 6.07) is 5.33. The molecule has 2 aliphatic heterocycles. The van der Waals surface area contributed by atoms with Crippen molar-refractivity contribution >= 4 is 17.6 Å². The normalized spacial score (nSPS) is 22.7. The Hall–Kier alpha value is -2.19. The standard InChI is InChI=1S/C16H22FN5O2/c1-20-5-7-21(8-6-20)19-16(24)18-13-10-15(23)22(11-13)14-4-2-3-12(17)9-14/h2-4,9,13H,5-8,10-11H2,1H3,(H2,18,19,24). The summed E-state index contributed by atoms with van der Waals surface area (Å²) in [6.45, 7) is 3.68. The maximum absolute atomic E-state index is 13.3. The Morgan fingerprint density at radius 1 is 1.25 bits per heavy atom. The number of hydrogen-bond acceptors (Lipinski definition) is 4. The molecule has 2 saturated heterocycles. The average Bonchev–Trinajstić information content (AvgIpc) is 2.90. The Morgan fingerprint density at radius 3 is 2.71 bits per heavy atom. The monoisotopic (exact) mass is 335 g/mol. The molecule has 0 radical (unpaired) electrons. The van der Waals surface area contributed by atoms with Gasteiger partial charge in [-0.3, -0.25) is 10.2 Å². The van der Waals surface area contributed by atoms with Gasteiger partial charge < -0.3 is 15.1 Å². The molecule has 8 heteroatoms. The molecule has 0 spiro atoms. The van der Waals surface area contributed by atoms with Gasteiger partial charge in [0.15, 0.2) is 0 Å². The molecule has 2 aliphatic rings. The zero-order valence-electron chi connectivity index (χ0n) is 13.7. The first kappa shape index (κ1) is 16.7. The second-order valence-corrected chi connectivity index (χ2v) is 6.26. The van der Waals surface area contributed by atoms with Gasteiger partial charge in [-0.15, -0.1) is 0 Å². The quantitative estimate of drug-likeness (QED) is 0.839. The maximum atomic E-state index is 13.3. The van der Waals surface area contributed by atoms with E-state index in [0.29, 0.717) is 12.2 Å². The van der Waals surface area contributed by atoms with Gasteiger partial charge in [-0.2, -0.15) is 0 Å². The minimum absolute atomic E-state index is 0.120. The van der Waals surface area contributed by atoms with Crippen LogP contribution in [-0.4, -0.2) is 67.7 Å². The highest BCUT2D eigenvalue weighted by Gasteiger charge is 2.32. The fourth-order valence-electron chi connectivity index (χ4n) is 2.98. The number of halogens is 1. The van der Waals surface area contributed by atoms with Gasteiger partial charge in [0.25, 0.3) is 0 Å². The van der Waals surface area contributed by atoms with Crippen LogP contribution in [0, 0.1) is 5.82 Å². The van der Waals surface area contributed by atoms with Crippen molar-refractivity contribution in [1.29, 1.82) is 0 Å². The van der Waals surface area contributed by atoms with E-state index in [-0.39, 0.29) is 30.2 Å².